The molecule has 2 saturated heterocycles. The van der Waals surface area contributed by atoms with E-state index in [9.17, 15) is 4.79 Å². The number of hydrogen-bond donors (Lipinski definition) is 1. The van der Waals surface area contributed by atoms with Gasteiger partial charge >= 0.3 is 5.97 Å². The molecule has 1 N–H and O–H groups in total. The second-order valence-corrected chi connectivity index (χ2v) is 6.17. The Bertz CT molecular complexity index is 287. The van der Waals surface area contributed by atoms with Gasteiger partial charge in [0.2, 0.25) is 0 Å². The zero-order valence-corrected chi connectivity index (χ0v) is 10.9. The lowest BCUT2D eigenvalue weighted by atomic mass is 9.71. The van der Waals surface area contributed by atoms with Crippen molar-refractivity contribution in [2.24, 2.45) is 5.41 Å². The maximum atomic E-state index is 10.6. The van der Waals surface area contributed by atoms with Crippen LogP contribution in [-0.4, -0.2) is 47.8 Å². The topological polar surface area (TPSA) is 49.8 Å². The molecule has 0 aromatic rings. The van der Waals surface area contributed by atoms with Crippen LogP contribution in [0.5, 0.6) is 0 Å². The van der Waals surface area contributed by atoms with Crippen molar-refractivity contribution in [2.75, 3.05) is 26.3 Å². The number of hydrogen-bond acceptors (Lipinski definition) is 3. The van der Waals surface area contributed by atoms with Gasteiger partial charge in [0, 0.05) is 43.7 Å². The average Bonchev–Trinajstić information content (AvgIpc) is 2.24. The number of rotatable bonds is 4. The highest BCUT2D eigenvalue weighted by molar-refractivity contribution is 5.66. The first-order valence-corrected chi connectivity index (χ1v) is 6.48. The van der Waals surface area contributed by atoms with Crippen molar-refractivity contribution < 1.29 is 14.6 Å². The summed E-state index contributed by atoms with van der Waals surface area (Å²) in [5, 5.41) is 8.76. The highest BCUT2D eigenvalue weighted by Gasteiger charge is 2.48. The molecule has 0 saturated carbocycles. The monoisotopic (exact) mass is 241 g/mol. The molecule has 17 heavy (non-hydrogen) atoms. The number of likely N-dealkylation sites (tertiary alicyclic amines) is 1. The van der Waals surface area contributed by atoms with Gasteiger partial charge in [0.25, 0.3) is 0 Å². The van der Waals surface area contributed by atoms with E-state index in [1.54, 1.807) is 0 Å². The van der Waals surface area contributed by atoms with E-state index in [-0.39, 0.29) is 12.0 Å². The second kappa shape index (κ2) is 4.58. The summed E-state index contributed by atoms with van der Waals surface area (Å²) >= 11 is 0. The van der Waals surface area contributed by atoms with Crippen molar-refractivity contribution in [3.8, 4) is 0 Å². The van der Waals surface area contributed by atoms with Gasteiger partial charge in [-0.1, -0.05) is 0 Å². The fraction of sp³-hybridized carbons (Fsp3) is 0.923. The summed E-state index contributed by atoms with van der Waals surface area (Å²) in [6.07, 6.45) is 3.32. The van der Waals surface area contributed by atoms with Gasteiger partial charge in [-0.3, -0.25) is 9.69 Å². The maximum absolute atomic E-state index is 10.6. The fourth-order valence-electron chi connectivity index (χ4n) is 2.88. The largest absolute Gasteiger partial charge is 0.481 e. The Hall–Kier alpha value is -0.610. The molecule has 1 spiro atoms. The van der Waals surface area contributed by atoms with E-state index in [1.807, 2.05) is 0 Å². The van der Waals surface area contributed by atoms with E-state index in [0.29, 0.717) is 5.41 Å². The number of carboxylic acids is 1. The quantitative estimate of drug-likeness (QED) is 0.814. The Balaban J connectivity index is 1.82. The summed E-state index contributed by atoms with van der Waals surface area (Å²) in [5.41, 5.74) is 0.487. The molecule has 0 bridgehead atoms. The van der Waals surface area contributed by atoms with Crippen molar-refractivity contribution >= 4 is 5.97 Å². The van der Waals surface area contributed by atoms with Crippen LogP contribution in [0.25, 0.3) is 0 Å². The molecule has 2 fully saturated rings. The number of nitrogens with zero attached hydrogens (tertiary/aromatic N) is 1. The number of carbonyl (C=O) groups is 1. The molecule has 0 aromatic carbocycles. The minimum absolute atomic E-state index is 0.0158. The first kappa shape index (κ1) is 12.8. The fourth-order valence-corrected chi connectivity index (χ4v) is 2.88. The molecule has 2 rings (SSSR count). The van der Waals surface area contributed by atoms with Crippen molar-refractivity contribution in [1.29, 1.82) is 0 Å². The zero-order chi connectivity index (χ0) is 12.5. The molecule has 98 valence electrons. The van der Waals surface area contributed by atoms with E-state index in [2.05, 4.69) is 18.7 Å². The van der Waals surface area contributed by atoms with Crippen LogP contribution >= 0.6 is 0 Å². The van der Waals surface area contributed by atoms with Gasteiger partial charge in [0.05, 0.1) is 0 Å². The van der Waals surface area contributed by atoms with Crippen molar-refractivity contribution in [1.82, 2.24) is 4.90 Å². The van der Waals surface area contributed by atoms with Crippen molar-refractivity contribution in [3.63, 3.8) is 0 Å². The third-order valence-corrected chi connectivity index (χ3v) is 4.41. The lowest BCUT2D eigenvalue weighted by molar-refractivity contribution is -0.140. The molecule has 2 aliphatic rings. The molecule has 4 nitrogen and oxygen atoms in total. The molecule has 2 heterocycles. The van der Waals surface area contributed by atoms with Crippen LogP contribution < -0.4 is 0 Å². The van der Waals surface area contributed by atoms with Gasteiger partial charge in [-0.15, -0.1) is 0 Å². The summed E-state index contributed by atoms with van der Waals surface area (Å²) in [7, 11) is 0. The Labute approximate surface area is 103 Å². The predicted molar refractivity (Wildman–Crippen MR) is 65.0 cm³/mol. The van der Waals surface area contributed by atoms with E-state index in [0.717, 1.165) is 32.7 Å². The van der Waals surface area contributed by atoms with Crippen molar-refractivity contribution in [2.45, 2.75) is 45.1 Å². The Morgan fingerprint density at radius 3 is 2.47 bits per heavy atom. The lowest BCUT2D eigenvalue weighted by Crippen LogP contribution is -2.64. The Kier molecular flexibility index (Phi) is 3.46. The first-order valence-electron chi connectivity index (χ1n) is 6.48. The van der Waals surface area contributed by atoms with Crippen LogP contribution in [0.15, 0.2) is 0 Å². The molecule has 4 heteroatoms. The first-order chi connectivity index (χ1) is 7.94. The summed E-state index contributed by atoms with van der Waals surface area (Å²) in [5.74, 6) is -0.695. The SMILES string of the molecule is CC(C)(CCC(=O)O)N1CC2(CCOCC2)C1. The van der Waals surface area contributed by atoms with E-state index < -0.39 is 5.97 Å². The number of ether oxygens (including phenoxy) is 1. The van der Waals surface area contributed by atoms with Gasteiger partial charge in [-0.25, -0.2) is 0 Å². The van der Waals surface area contributed by atoms with Crippen LogP contribution in [0.2, 0.25) is 0 Å². The van der Waals surface area contributed by atoms with E-state index >= 15 is 0 Å². The van der Waals surface area contributed by atoms with E-state index in [1.165, 1.54) is 12.8 Å². The van der Waals surface area contributed by atoms with Crippen LogP contribution in [0.3, 0.4) is 0 Å². The third kappa shape index (κ3) is 2.80. The average molecular weight is 241 g/mol. The summed E-state index contributed by atoms with van der Waals surface area (Å²) in [6.45, 7) is 8.32. The highest BCUT2D eigenvalue weighted by atomic mass is 16.5. The van der Waals surface area contributed by atoms with Gasteiger partial charge in [-0.2, -0.15) is 0 Å². The molecule has 2 aliphatic heterocycles. The number of carboxylic acid groups (broad SMARTS) is 1. The summed E-state index contributed by atoms with van der Waals surface area (Å²) < 4.78 is 5.40. The number of aliphatic carboxylic acids is 1. The van der Waals surface area contributed by atoms with E-state index in [4.69, 9.17) is 9.84 Å². The van der Waals surface area contributed by atoms with Crippen LogP contribution in [0.4, 0.5) is 0 Å². The van der Waals surface area contributed by atoms with Crippen LogP contribution in [0, 0.1) is 5.41 Å². The maximum Gasteiger partial charge on any atom is 0.303 e. The lowest BCUT2D eigenvalue weighted by Gasteiger charge is -2.58. The minimum Gasteiger partial charge on any atom is -0.481 e. The van der Waals surface area contributed by atoms with Gasteiger partial charge in [0.15, 0.2) is 0 Å². The molecule has 0 aromatic heterocycles. The Morgan fingerprint density at radius 1 is 1.35 bits per heavy atom. The van der Waals surface area contributed by atoms with Gasteiger partial charge in [0.1, 0.15) is 0 Å². The zero-order valence-electron chi connectivity index (χ0n) is 10.9. The van der Waals surface area contributed by atoms with Gasteiger partial charge < -0.3 is 9.84 Å². The molecular formula is C13H23NO3. The molecular weight excluding hydrogens is 218 g/mol. The second-order valence-electron chi connectivity index (χ2n) is 6.17. The normalized spacial score (nSPS) is 24.6. The standard InChI is InChI=1S/C13H23NO3/c1-12(2,4-3-11(15)16)14-9-13(10-14)5-7-17-8-6-13/h3-10H2,1-2H3,(H,15,16). The minimum atomic E-state index is -0.695. The van der Waals surface area contributed by atoms with Crippen LogP contribution in [-0.2, 0) is 9.53 Å². The van der Waals surface area contributed by atoms with Gasteiger partial charge in [-0.05, 0) is 33.1 Å². The smallest absolute Gasteiger partial charge is 0.303 e. The molecule has 0 radical (unpaired) electrons. The molecule has 0 atom stereocenters. The molecule has 0 amide bonds. The molecule has 0 unspecified atom stereocenters. The third-order valence-electron chi connectivity index (χ3n) is 4.41. The van der Waals surface area contributed by atoms with Crippen molar-refractivity contribution in [3.05, 3.63) is 0 Å². The van der Waals surface area contributed by atoms with Crippen LogP contribution in [0.1, 0.15) is 39.5 Å². The predicted octanol–water partition coefficient (Wildman–Crippen LogP) is 1.74. The Morgan fingerprint density at radius 2 is 1.94 bits per heavy atom. The highest BCUT2D eigenvalue weighted by Crippen LogP contribution is 2.43. The summed E-state index contributed by atoms with van der Waals surface area (Å²) in [6, 6.07) is 0. The molecule has 0 aliphatic carbocycles. The summed E-state index contributed by atoms with van der Waals surface area (Å²) in [4.78, 5) is 13.1.